The van der Waals surface area contributed by atoms with Gasteiger partial charge in [-0.1, -0.05) is 22.0 Å². The number of thiocarbonyl (C=S) groups is 1. The number of rotatable bonds is 6. The molecule has 1 aliphatic heterocycles. The second kappa shape index (κ2) is 8.88. The maximum atomic E-state index is 5.72. The van der Waals surface area contributed by atoms with Crippen molar-refractivity contribution in [2.24, 2.45) is 0 Å². The first-order valence-electron chi connectivity index (χ1n) is 9.93. The fourth-order valence-corrected chi connectivity index (χ4v) is 4.85. The molecule has 0 radical (unpaired) electrons. The first-order valence-corrected chi connectivity index (χ1v) is 11.1. The summed E-state index contributed by atoms with van der Waals surface area (Å²) in [6.45, 7) is 5.65. The van der Waals surface area contributed by atoms with Crippen molar-refractivity contribution in [1.82, 2.24) is 19.8 Å². The minimum Gasteiger partial charge on any atom is -0.383 e. The van der Waals surface area contributed by atoms with Gasteiger partial charge in [-0.2, -0.15) is 0 Å². The van der Waals surface area contributed by atoms with Gasteiger partial charge in [-0.05, 0) is 74.1 Å². The standard InChI is InChI=1S/C23H25BrN4OS/c1-15-14-19(16(2)28(15)18-9-7-17(24)8-10-18)22-21(20-6-4-5-11-25-20)26-23(30)27(22)12-13-29-3/h4-11,14,21-22H,12-13H2,1-3H3,(H,26,30). The second-order valence-electron chi connectivity index (χ2n) is 7.45. The summed E-state index contributed by atoms with van der Waals surface area (Å²) < 4.78 is 8.73. The van der Waals surface area contributed by atoms with Crippen LogP contribution in [-0.4, -0.2) is 39.8 Å². The summed E-state index contributed by atoms with van der Waals surface area (Å²) in [5.74, 6) is 0. The SMILES string of the molecule is COCCN1C(=S)NC(c2ccccn2)C1c1cc(C)n(-c2ccc(Br)cc2)c1C. The lowest BCUT2D eigenvalue weighted by molar-refractivity contribution is 0.164. The molecule has 4 rings (SSSR count). The Bertz CT molecular complexity index is 1040. The molecule has 0 saturated carbocycles. The number of halogens is 1. The number of ether oxygens (including phenoxy) is 1. The molecule has 0 spiro atoms. The Balaban J connectivity index is 1.81. The minimum atomic E-state index is -0.0191. The number of aromatic nitrogens is 2. The van der Waals surface area contributed by atoms with Crippen LogP contribution < -0.4 is 5.32 Å². The molecule has 1 saturated heterocycles. The number of benzene rings is 1. The van der Waals surface area contributed by atoms with Crippen LogP contribution in [0.5, 0.6) is 0 Å². The average Bonchev–Trinajstić information content (AvgIpc) is 3.23. The molecular weight excluding hydrogens is 460 g/mol. The van der Waals surface area contributed by atoms with Crippen LogP contribution in [0, 0.1) is 13.8 Å². The zero-order valence-electron chi connectivity index (χ0n) is 17.3. The van der Waals surface area contributed by atoms with Crippen LogP contribution in [-0.2, 0) is 4.74 Å². The third kappa shape index (κ3) is 3.89. The number of aryl methyl sites for hydroxylation is 1. The maximum Gasteiger partial charge on any atom is 0.170 e. The van der Waals surface area contributed by atoms with Crippen molar-refractivity contribution in [3.63, 3.8) is 0 Å². The van der Waals surface area contributed by atoms with Crippen molar-refractivity contribution in [3.8, 4) is 5.69 Å². The van der Waals surface area contributed by atoms with E-state index in [0.29, 0.717) is 6.61 Å². The Kier molecular flexibility index (Phi) is 6.22. The summed E-state index contributed by atoms with van der Waals surface area (Å²) >= 11 is 9.25. The highest BCUT2D eigenvalue weighted by Crippen LogP contribution is 2.41. The Morgan fingerprint density at radius 2 is 1.93 bits per heavy atom. The normalized spacial score (nSPS) is 18.7. The van der Waals surface area contributed by atoms with Gasteiger partial charge in [-0.25, -0.2) is 0 Å². The molecule has 2 aromatic heterocycles. The van der Waals surface area contributed by atoms with Crippen LogP contribution in [0.25, 0.3) is 5.69 Å². The summed E-state index contributed by atoms with van der Waals surface area (Å²) in [5.41, 5.74) is 5.77. The lowest BCUT2D eigenvalue weighted by Crippen LogP contribution is -2.32. The third-order valence-electron chi connectivity index (χ3n) is 5.61. The summed E-state index contributed by atoms with van der Waals surface area (Å²) in [6, 6.07) is 16.7. The number of methoxy groups -OCH3 is 1. The van der Waals surface area contributed by atoms with Crippen LogP contribution in [0.15, 0.2) is 59.2 Å². The van der Waals surface area contributed by atoms with E-state index in [0.717, 1.165) is 27.5 Å². The molecule has 2 unspecified atom stereocenters. The van der Waals surface area contributed by atoms with Crippen molar-refractivity contribution >= 4 is 33.3 Å². The quantitative estimate of drug-likeness (QED) is 0.505. The molecule has 156 valence electrons. The molecule has 3 heterocycles. The molecule has 30 heavy (non-hydrogen) atoms. The van der Waals surface area contributed by atoms with Gasteiger partial charge in [0.1, 0.15) is 0 Å². The Hall–Kier alpha value is -2.22. The van der Waals surface area contributed by atoms with E-state index in [4.69, 9.17) is 17.0 Å². The topological polar surface area (TPSA) is 42.3 Å². The highest BCUT2D eigenvalue weighted by Gasteiger charge is 2.41. The Labute approximate surface area is 191 Å². The van der Waals surface area contributed by atoms with E-state index in [9.17, 15) is 0 Å². The predicted octanol–water partition coefficient (Wildman–Crippen LogP) is 4.87. The van der Waals surface area contributed by atoms with Crippen molar-refractivity contribution < 1.29 is 4.74 Å². The molecule has 5 nitrogen and oxygen atoms in total. The van der Waals surface area contributed by atoms with Gasteiger partial charge in [0.15, 0.2) is 5.11 Å². The largest absolute Gasteiger partial charge is 0.383 e. The number of hydrogen-bond acceptors (Lipinski definition) is 3. The monoisotopic (exact) mass is 484 g/mol. The van der Waals surface area contributed by atoms with Gasteiger partial charge in [0, 0.05) is 41.4 Å². The smallest absolute Gasteiger partial charge is 0.170 e. The predicted molar refractivity (Wildman–Crippen MR) is 127 cm³/mol. The molecule has 1 aromatic carbocycles. The molecule has 7 heteroatoms. The average molecular weight is 485 g/mol. The van der Waals surface area contributed by atoms with E-state index < -0.39 is 0 Å². The molecule has 1 aliphatic rings. The van der Waals surface area contributed by atoms with E-state index in [1.165, 1.54) is 17.0 Å². The van der Waals surface area contributed by atoms with Crippen molar-refractivity contribution in [3.05, 3.63) is 81.8 Å². The first-order chi connectivity index (χ1) is 14.5. The lowest BCUT2D eigenvalue weighted by atomic mass is 9.97. The van der Waals surface area contributed by atoms with E-state index in [1.807, 2.05) is 18.3 Å². The fraction of sp³-hybridized carbons (Fsp3) is 0.304. The fourth-order valence-electron chi connectivity index (χ4n) is 4.25. The van der Waals surface area contributed by atoms with Crippen molar-refractivity contribution in [2.45, 2.75) is 25.9 Å². The van der Waals surface area contributed by atoms with Crippen LogP contribution in [0.2, 0.25) is 0 Å². The van der Waals surface area contributed by atoms with Crippen molar-refractivity contribution in [2.75, 3.05) is 20.3 Å². The van der Waals surface area contributed by atoms with Gasteiger partial charge in [-0.15, -0.1) is 0 Å². The molecular formula is C23H25BrN4OS. The first kappa shape index (κ1) is 21.0. The maximum absolute atomic E-state index is 5.72. The van der Waals surface area contributed by atoms with Gasteiger partial charge in [0.25, 0.3) is 0 Å². The Morgan fingerprint density at radius 1 is 1.17 bits per heavy atom. The van der Waals surface area contributed by atoms with Gasteiger partial charge < -0.3 is 19.5 Å². The molecule has 3 aromatic rings. The zero-order valence-corrected chi connectivity index (χ0v) is 19.7. The zero-order chi connectivity index (χ0) is 21.3. The number of nitrogens with zero attached hydrogens (tertiary/aromatic N) is 3. The third-order valence-corrected chi connectivity index (χ3v) is 6.49. The summed E-state index contributed by atoms with van der Waals surface area (Å²) in [7, 11) is 1.72. The molecule has 1 N–H and O–H groups in total. The van der Waals surface area contributed by atoms with E-state index >= 15 is 0 Å². The molecule has 1 fully saturated rings. The van der Waals surface area contributed by atoms with E-state index in [2.05, 4.69) is 85.9 Å². The molecule has 0 amide bonds. The molecule has 0 aliphatic carbocycles. The highest BCUT2D eigenvalue weighted by atomic mass is 79.9. The number of hydrogen-bond donors (Lipinski definition) is 1. The molecule has 2 atom stereocenters. The summed E-state index contributed by atoms with van der Waals surface area (Å²) in [4.78, 5) is 6.85. The van der Waals surface area contributed by atoms with Crippen LogP contribution in [0.3, 0.4) is 0 Å². The molecule has 0 bridgehead atoms. The van der Waals surface area contributed by atoms with Gasteiger partial charge in [0.05, 0.1) is 24.4 Å². The summed E-state index contributed by atoms with van der Waals surface area (Å²) in [5, 5.41) is 4.24. The number of nitrogens with one attached hydrogen (secondary N) is 1. The van der Waals surface area contributed by atoms with E-state index in [-0.39, 0.29) is 12.1 Å². The minimum absolute atomic E-state index is 0.0191. The van der Waals surface area contributed by atoms with Crippen LogP contribution in [0.4, 0.5) is 0 Å². The van der Waals surface area contributed by atoms with Crippen molar-refractivity contribution in [1.29, 1.82) is 0 Å². The number of pyridine rings is 1. The highest BCUT2D eigenvalue weighted by molar-refractivity contribution is 9.10. The van der Waals surface area contributed by atoms with Gasteiger partial charge in [0.2, 0.25) is 0 Å². The van der Waals surface area contributed by atoms with Crippen LogP contribution >= 0.6 is 28.1 Å². The van der Waals surface area contributed by atoms with Crippen LogP contribution in [0.1, 0.15) is 34.7 Å². The summed E-state index contributed by atoms with van der Waals surface area (Å²) in [6.07, 6.45) is 1.83. The van der Waals surface area contributed by atoms with Gasteiger partial charge in [-0.3, -0.25) is 4.98 Å². The van der Waals surface area contributed by atoms with Gasteiger partial charge >= 0.3 is 0 Å². The van der Waals surface area contributed by atoms with E-state index in [1.54, 1.807) is 7.11 Å². The second-order valence-corrected chi connectivity index (χ2v) is 8.75. The Morgan fingerprint density at radius 3 is 2.60 bits per heavy atom. The lowest BCUT2D eigenvalue weighted by Gasteiger charge is -2.28.